The van der Waals surface area contributed by atoms with Gasteiger partial charge in [0.15, 0.2) is 0 Å². The Morgan fingerprint density at radius 3 is 2.10 bits per heavy atom. The summed E-state index contributed by atoms with van der Waals surface area (Å²) in [6, 6.07) is 41.4. The predicted molar refractivity (Wildman–Crippen MR) is 203 cm³/mol. The van der Waals surface area contributed by atoms with Crippen LogP contribution in [0.3, 0.4) is 0 Å². The molecule has 7 rings (SSSR count). The predicted octanol–water partition coefficient (Wildman–Crippen LogP) is 10.6. The van der Waals surface area contributed by atoms with E-state index >= 15 is 0 Å². The number of fused-ring (bicyclic) bond motifs is 3. The summed E-state index contributed by atoms with van der Waals surface area (Å²) < 4.78 is 0. The van der Waals surface area contributed by atoms with Crippen molar-refractivity contribution < 1.29 is 0 Å². The normalized spacial score (nSPS) is 14.1. The van der Waals surface area contributed by atoms with Gasteiger partial charge in [-0.3, -0.25) is 4.98 Å². The molecular weight excluding hydrogens is 599 g/mol. The molecule has 2 aliphatic rings. The highest BCUT2D eigenvalue weighted by atomic mass is 15.2. The number of nitriles is 2. The number of nitrogens with one attached hydrogen (secondary N) is 1. The number of dihydropyridines is 1. The standard InChI is InChI=1S/C40H29N5.C2H6.C2H4/c1-27(30-16-12-28(24-41)13-17-30)40(31-18-14-29(25-42)15-19-31)45-26-33-23-32(20-21-34(33)35-7-2-3-11-39(35)45)36-9-6-10-38(44-36)37-8-4-5-22-43-37;2*1-2/h2-23,37,43H,26H2,1H3;1-2H3;1-2H2/b40-27+;;. The van der Waals surface area contributed by atoms with E-state index in [1.807, 2.05) is 80.7 Å². The van der Waals surface area contributed by atoms with Crippen molar-refractivity contribution in [1.82, 2.24) is 10.3 Å². The van der Waals surface area contributed by atoms with Crippen LogP contribution in [0.15, 0.2) is 147 Å². The van der Waals surface area contributed by atoms with Crippen LogP contribution in [0.2, 0.25) is 0 Å². The van der Waals surface area contributed by atoms with Crippen molar-refractivity contribution in [3.63, 3.8) is 0 Å². The molecule has 0 spiro atoms. The molecule has 0 amide bonds. The highest BCUT2D eigenvalue weighted by Gasteiger charge is 2.27. The van der Waals surface area contributed by atoms with Crippen LogP contribution in [-0.2, 0) is 6.54 Å². The number of nitrogens with zero attached hydrogens (tertiary/aromatic N) is 4. The number of rotatable bonds is 5. The van der Waals surface area contributed by atoms with Crippen molar-refractivity contribution in [1.29, 1.82) is 10.5 Å². The molecular formula is C44H39N5. The molecule has 5 aromatic rings. The molecule has 5 heteroatoms. The zero-order valence-electron chi connectivity index (χ0n) is 28.2. The quantitative estimate of drug-likeness (QED) is 0.153. The molecule has 0 aliphatic carbocycles. The average molecular weight is 638 g/mol. The molecule has 0 fully saturated rings. The highest BCUT2D eigenvalue weighted by Crippen LogP contribution is 2.45. The van der Waals surface area contributed by atoms with E-state index in [0.717, 1.165) is 50.6 Å². The van der Waals surface area contributed by atoms with E-state index in [1.54, 1.807) is 0 Å². The van der Waals surface area contributed by atoms with Crippen LogP contribution in [0.5, 0.6) is 0 Å². The molecule has 240 valence electrons. The fourth-order valence-electron chi connectivity index (χ4n) is 6.16. The lowest BCUT2D eigenvalue weighted by atomic mass is 9.89. The van der Waals surface area contributed by atoms with Crippen LogP contribution in [0.1, 0.15) is 60.3 Å². The van der Waals surface area contributed by atoms with E-state index in [0.29, 0.717) is 17.7 Å². The maximum absolute atomic E-state index is 9.49. The summed E-state index contributed by atoms with van der Waals surface area (Å²) in [6.07, 6.45) is 8.08. The molecule has 49 heavy (non-hydrogen) atoms. The third-order valence-electron chi connectivity index (χ3n) is 8.45. The fourth-order valence-corrected chi connectivity index (χ4v) is 6.16. The van der Waals surface area contributed by atoms with Crippen LogP contribution in [0.4, 0.5) is 5.69 Å². The minimum absolute atomic E-state index is 0.0419. The molecule has 1 aromatic heterocycles. The van der Waals surface area contributed by atoms with Crippen LogP contribution in [-0.4, -0.2) is 4.98 Å². The minimum Gasteiger partial charge on any atom is -0.379 e. The average Bonchev–Trinajstić information content (AvgIpc) is 3.20. The van der Waals surface area contributed by atoms with E-state index in [9.17, 15) is 10.5 Å². The zero-order valence-corrected chi connectivity index (χ0v) is 28.2. The number of benzene rings is 4. The van der Waals surface area contributed by atoms with Crippen LogP contribution in [0, 0.1) is 22.7 Å². The molecule has 3 heterocycles. The van der Waals surface area contributed by atoms with E-state index < -0.39 is 0 Å². The Morgan fingerprint density at radius 1 is 0.776 bits per heavy atom. The van der Waals surface area contributed by atoms with E-state index in [4.69, 9.17) is 4.98 Å². The third-order valence-corrected chi connectivity index (χ3v) is 8.45. The second kappa shape index (κ2) is 15.9. The lowest BCUT2D eigenvalue weighted by molar-refractivity contribution is 0.722. The first kappa shape index (κ1) is 33.9. The first-order valence-electron chi connectivity index (χ1n) is 16.4. The highest BCUT2D eigenvalue weighted by molar-refractivity contribution is 6.00. The molecule has 0 radical (unpaired) electrons. The fraction of sp³-hybridized carbons (Fsp3) is 0.114. The summed E-state index contributed by atoms with van der Waals surface area (Å²) in [5.41, 5.74) is 13.1. The van der Waals surface area contributed by atoms with Gasteiger partial charge in [-0.1, -0.05) is 86.7 Å². The minimum atomic E-state index is 0.0419. The Balaban J connectivity index is 0.00000113. The van der Waals surface area contributed by atoms with Gasteiger partial charge in [-0.05, 0) is 95.6 Å². The summed E-state index contributed by atoms with van der Waals surface area (Å²) in [7, 11) is 0. The van der Waals surface area contributed by atoms with Gasteiger partial charge in [-0.2, -0.15) is 10.5 Å². The summed E-state index contributed by atoms with van der Waals surface area (Å²) in [6.45, 7) is 12.8. The second-order valence-electron chi connectivity index (χ2n) is 11.2. The van der Waals surface area contributed by atoms with Crippen molar-refractivity contribution in [3.05, 3.63) is 180 Å². The number of allylic oxidation sites excluding steroid dienone is 3. The number of hydrogen-bond acceptors (Lipinski definition) is 5. The molecule has 4 aromatic carbocycles. The molecule has 0 saturated carbocycles. The van der Waals surface area contributed by atoms with Gasteiger partial charge in [0.2, 0.25) is 0 Å². The maximum atomic E-state index is 9.49. The van der Waals surface area contributed by atoms with Gasteiger partial charge in [0.25, 0.3) is 0 Å². The van der Waals surface area contributed by atoms with Crippen molar-refractivity contribution in [3.8, 4) is 34.5 Å². The number of para-hydroxylation sites is 1. The largest absolute Gasteiger partial charge is 0.379 e. The lowest BCUT2D eigenvalue weighted by Crippen LogP contribution is -2.26. The summed E-state index contributed by atoms with van der Waals surface area (Å²) >= 11 is 0. The summed E-state index contributed by atoms with van der Waals surface area (Å²) in [5.74, 6) is 0. The van der Waals surface area contributed by atoms with Crippen LogP contribution >= 0.6 is 0 Å². The van der Waals surface area contributed by atoms with Gasteiger partial charge in [-0.25, -0.2) is 0 Å². The number of hydrogen-bond donors (Lipinski definition) is 1. The topological polar surface area (TPSA) is 75.7 Å². The first-order chi connectivity index (χ1) is 24.1. The van der Waals surface area contributed by atoms with Crippen LogP contribution in [0.25, 0.3) is 33.7 Å². The number of aromatic nitrogens is 1. The van der Waals surface area contributed by atoms with Gasteiger partial charge in [0.05, 0.1) is 46.4 Å². The van der Waals surface area contributed by atoms with Gasteiger partial charge >= 0.3 is 0 Å². The van der Waals surface area contributed by atoms with Gasteiger partial charge < -0.3 is 10.2 Å². The van der Waals surface area contributed by atoms with E-state index in [-0.39, 0.29) is 6.04 Å². The van der Waals surface area contributed by atoms with Crippen molar-refractivity contribution in [2.75, 3.05) is 4.90 Å². The molecule has 1 unspecified atom stereocenters. The molecule has 0 bridgehead atoms. The Hall–Kier alpha value is -6.43. The summed E-state index contributed by atoms with van der Waals surface area (Å²) in [5, 5.41) is 22.2. The lowest BCUT2D eigenvalue weighted by Gasteiger charge is -2.36. The van der Waals surface area contributed by atoms with Crippen molar-refractivity contribution in [2.24, 2.45) is 0 Å². The Bertz CT molecular complexity index is 2110. The SMILES string of the molecule is C/C(=C(/c1ccc(C#N)cc1)N1Cc2cc(-c3cccc(C4C=CC=CN4)n3)ccc2-c2ccccc21)c1ccc(C#N)cc1.C=C.CC. The maximum Gasteiger partial charge on any atom is 0.0991 e. The van der Waals surface area contributed by atoms with Crippen molar-refractivity contribution >= 4 is 17.0 Å². The van der Waals surface area contributed by atoms with Gasteiger partial charge in [-0.15, -0.1) is 13.2 Å². The number of pyridine rings is 1. The molecule has 5 nitrogen and oxygen atoms in total. The Labute approximate surface area is 290 Å². The zero-order chi connectivity index (χ0) is 34.8. The summed E-state index contributed by atoms with van der Waals surface area (Å²) in [4.78, 5) is 7.42. The molecule has 2 aliphatic heterocycles. The Morgan fingerprint density at radius 2 is 1.45 bits per heavy atom. The van der Waals surface area contributed by atoms with E-state index in [2.05, 4.69) is 109 Å². The third kappa shape index (κ3) is 7.13. The second-order valence-corrected chi connectivity index (χ2v) is 11.2. The molecule has 0 saturated heterocycles. The Kier molecular flexibility index (Phi) is 11.0. The number of anilines is 1. The van der Waals surface area contributed by atoms with E-state index in [1.165, 1.54) is 11.1 Å². The monoisotopic (exact) mass is 637 g/mol. The molecule has 1 atom stereocenters. The smallest absolute Gasteiger partial charge is 0.0991 e. The van der Waals surface area contributed by atoms with Crippen LogP contribution < -0.4 is 10.2 Å². The first-order valence-corrected chi connectivity index (χ1v) is 16.4. The van der Waals surface area contributed by atoms with Crippen molar-refractivity contribution in [2.45, 2.75) is 33.4 Å². The van der Waals surface area contributed by atoms with Gasteiger partial charge in [0.1, 0.15) is 0 Å². The van der Waals surface area contributed by atoms with Gasteiger partial charge in [0, 0.05) is 23.4 Å². The molecule has 1 N–H and O–H groups in total.